The normalized spacial score (nSPS) is 15.0. The van der Waals surface area contributed by atoms with Gasteiger partial charge in [0.05, 0.1) is 35.0 Å². The summed E-state index contributed by atoms with van der Waals surface area (Å²) in [4.78, 5) is 23.8. The molecule has 0 atom stereocenters. The summed E-state index contributed by atoms with van der Waals surface area (Å²) >= 11 is 6.54. The Kier molecular flexibility index (Phi) is 7.29. The van der Waals surface area contributed by atoms with Gasteiger partial charge in [0.1, 0.15) is 11.5 Å². The van der Waals surface area contributed by atoms with Crippen LogP contribution in [0.2, 0.25) is 0 Å². The number of alkyl halides is 2. The zero-order valence-electron chi connectivity index (χ0n) is 11.3. The summed E-state index contributed by atoms with van der Waals surface area (Å²) in [6, 6.07) is 0. The number of allylic oxidation sites excluding steroid dienone is 2. The molecule has 0 aromatic heterocycles. The largest absolute Gasteiger partial charge is 0.463 e. The maximum absolute atomic E-state index is 11.9. The summed E-state index contributed by atoms with van der Waals surface area (Å²) in [6.45, 7) is 3.98. The molecule has 0 aliphatic carbocycles. The molecular weight excluding hydrogens is 396 g/mol. The number of carbonyl (C=O) groups excluding carboxylic acids is 2. The smallest absolute Gasteiger partial charge is 0.337 e. The Morgan fingerprint density at radius 3 is 1.70 bits per heavy atom. The predicted octanol–water partition coefficient (Wildman–Crippen LogP) is 2.83. The van der Waals surface area contributed by atoms with Crippen LogP contribution >= 0.6 is 31.9 Å². The molecule has 0 fully saturated rings. The molecule has 0 aromatic rings. The van der Waals surface area contributed by atoms with E-state index in [9.17, 15) is 9.59 Å². The minimum absolute atomic E-state index is 0.152. The summed E-state index contributed by atoms with van der Waals surface area (Å²) in [5, 5.41) is 0.738. The fourth-order valence-corrected chi connectivity index (χ4v) is 2.58. The second-order valence-corrected chi connectivity index (χ2v) is 4.91. The van der Waals surface area contributed by atoms with E-state index in [2.05, 4.69) is 31.9 Å². The maximum atomic E-state index is 11.9. The molecular formula is C13H16Br2O5. The molecule has 0 amide bonds. The van der Waals surface area contributed by atoms with Crippen molar-refractivity contribution < 1.29 is 23.8 Å². The molecule has 1 rings (SSSR count). The first-order chi connectivity index (χ1) is 9.58. The van der Waals surface area contributed by atoms with Crippen LogP contribution in [-0.2, 0) is 23.8 Å². The van der Waals surface area contributed by atoms with E-state index in [1.165, 1.54) is 0 Å². The van der Waals surface area contributed by atoms with Crippen LogP contribution in [-0.4, -0.2) is 35.8 Å². The quantitative estimate of drug-likeness (QED) is 0.496. The van der Waals surface area contributed by atoms with Crippen molar-refractivity contribution in [3.05, 3.63) is 22.7 Å². The highest BCUT2D eigenvalue weighted by atomic mass is 79.9. The summed E-state index contributed by atoms with van der Waals surface area (Å²) in [6.07, 6.45) is 0.152. The molecule has 112 valence electrons. The lowest BCUT2D eigenvalue weighted by atomic mass is 10.0. The molecule has 0 unspecified atom stereocenters. The number of halogens is 2. The lowest BCUT2D eigenvalue weighted by Gasteiger charge is -2.23. The Morgan fingerprint density at radius 1 is 1.00 bits per heavy atom. The molecule has 0 saturated heterocycles. The molecule has 1 aliphatic heterocycles. The van der Waals surface area contributed by atoms with Crippen LogP contribution in [0.4, 0.5) is 0 Å². The zero-order chi connectivity index (χ0) is 15.1. The van der Waals surface area contributed by atoms with Gasteiger partial charge in [0.2, 0.25) is 0 Å². The Labute approximate surface area is 134 Å². The fourth-order valence-electron chi connectivity index (χ4n) is 1.67. The Hall–Kier alpha value is -0.820. The first-order valence-electron chi connectivity index (χ1n) is 6.17. The van der Waals surface area contributed by atoms with E-state index >= 15 is 0 Å². The van der Waals surface area contributed by atoms with Crippen molar-refractivity contribution in [2.45, 2.75) is 20.3 Å². The van der Waals surface area contributed by atoms with Crippen LogP contribution in [0, 0.1) is 0 Å². The number of rotatable bonds is 6. The van der Waals surface area contributed by atoms with Gasteiger partial charge in [-0.15, -0.1) is 0 Å². The first kappa shape index (κ1) is 17.2. The third kappa shape index (κ3) is 4.09. The number of esters is 2. The van der Waals surface area contributed by atoms with Crippen LogP contribution in [0.3, 0.4) is 0 Å². The van der Waals surface area contributed by atoms with Gasteiger partial charge in [0.15, 0.2) is 0 Å². The molecule has 0 radical (unpaired) electrons. The van der Waals surface area contributed by atoms with Crippen LogP contribution in [0.5, 0.6) is 0 Å². The molecule has 0 bridgehead atoms. The minimum atomic E-state index is -0.475. The van der Waals surface area contributed by atoms with E-state index in [0.29, 0.717) is 33.3 Å². The van der Waals surface area contributed by atoms with Gasteiger partial charge in [-0.05, 0) is 13.8 Å². The van der Waals surface area contributed by atoms with Crippen molar-refractivity contribution in [2.75, 3.05) is 23.9 Å². The molecule has 20 heavy (non-hydrogen) atoms. The van der Waals surface area contributed by atoms with Gasteiger partial charge < -0.3 is 14.2 Å². The Morgan fingerprint density at radius 2 is 1.40 bits per heavy atom. The van der Waals surface area contributed by atoms with Crippen molar-refractivity contribution in [2.24, 2.45) is 0 Å². The van der Waals surface area contributed by atoms with E-state index in [4.69, 9.17) is 14.2 Å². The second kappa shape index (κ2) is 8.46. The molecule has 0 aromatic carbocycles. The summed E-state index contributed by atoms with van der Waals surface area (Å²) in [5.41, 5.74) is 0.688. The van der Waals surface area contributed by atoms with E-state index in [-0.39, 0.29) is 19.6 Å². The van der Waals surface area contributed by atoms with Crippen LogP contribution in [0.1, 0.15) is 20.3 Å². The van der Waals surface area contributed by atoms with Crippen molar-refractivity contribution in [1.29, 1.82) is 0 Å². The van der Waals surface area contributed by atoms with Gasteiger partial charge in [-0.2, -0.15) is 0 Å². The second-order valence-electron chi connectivity index (χ2n) is 3.79. The first-order valence-corrected chi connectivity index (χ1v) is 8.41. The average molecular weight is 412 g/mol. The highest BCUT2D eigenvalue weighted by Gasteiger charge is 2.30. The molecule has 0 spiro atoms. The van der Waals surface area contributed by atoms with Crippen molar-refractivity contribution >= 4 is 43.8 Å². The average Bonchev–Trinajstić information content (AvgIpc) is 2.46. The maximum Gasteiger partial charge on any atom is 0.337 e. The number of hydrogen-bond donors (Lipinski definition) is 0. The van der Waals surface area contributed by atoms with Gasteiger partial charge in [-0.1, -0.05) is 31.9 Å². The molecule has 0 N–H and O–H groups in total. The SMILES string of the molecule is CCOC(=O)C1=C(CBr)OC(CBr)=C(C(=O)OCC)C1. The van der Waals surface area contributed by atoms with E-state index in [0.717, 1.165) is 0 Å². The lowest BCUT2D eigenvalue weighted by molar-refractivity contribution is -0.139. The number of carbonyl (C=O) groups is 2. The predicted molar refractivity (Wildman–Crippen MR) is 80.6 cm³/mol. The van der Waals surface area contributed by atoms with E-state index in [1.807, 2.05) is 0 Å². The van der Waals surface area contributed by atoms with Crippen molar-refractivity contribution in [3.8, 4) is 0 Å². The minimum Gasteiger partial charge on any atom is -0.463 e. The van der Waals surface area contributed by atoms with Crippen LogP contribution in [0.25, 0.3) is 0 Å². The lowest BCUT2D eigenvalue weighted by Crippen LogP contribution is -2.22. The monoisotopic (exact) mass is 410 g/mol. The number of hydrogen-bond acceptors (Lipinski definition) is 5. The fraction of sp³-hybridized carbons (Fsp3) is 0.538. The van der Waals surface area contributed by atoms with Crippen molar-refractivity contribution in [3.63, 3.8) is 0 Å². The Bertz CT molecular complexity index is 414. The van der Waals surface area contributed by atoms with E-state index < -0.39 is 11.9 Å². The summed E-state index contributed by atoms with van der Waals surface area (Å²) < 4.78 is 15.6. The molecule has 0 saturated carbocycles. The summed E-state index contributed by atoms with van der Waals surface area (Å²) in [5.74, 6) is -0.0216. The molecule has 7 heteroatoms. The highest BCUT2D eigenvalue weighted by molar-refractivity contribution is 9.09. The van der Waals surface area contributed by atoms with Gasteiger partial charge in [0, 0.05) is 6.42 Å². The highest BCUT2D eigenvalue weighted by Crippen LogP contribution is 2.31. The third-order valence-electron chi connectivity index (χ3n) is 2.56. The standard InChI is InChI=1S/C13H16Br2O5/c1-3-18-12(16)8-5-9(13(17)19-4-2)11(7-15)20-10(8)6-14/h3-7H2,1-2H3. The van der Waals surface area contributed by atoms with Crippen LogP contribution in [0.15, 0.2) is 22.7 Å². The Balaban J connectivity index is 3.05. The number of ether oxygens (including phenoxy) is 3. The van der Waals surface area contributed by atoms with Gasteiger partial charge in [-0.3, -0.25) is 0 Å². The molecule has 1 aliphatic rings. The topological polar surface area (TPSA) is 61.8 Å². The molecule has 1 heterocycles. The summed E-state index contributed by atoms with van der Waals surface area (Å²) in [7, 11) is 0. The van der Waals surface area contributed by atoms with Crippen molar-refractivity contribution in [1.82, 2.24) is 0 Å². The van der Waals surface area contributed by atoms with E-state index in [1.54, 1.807) is 13.8 Å². The van der Waals surface area contributed by atoms with Crippen LogP contribution < -0.4 is 0 Å². The van der Waals surface area contributed by atoms with Gasteiger partial charge >= 0.3 is 11.9 Å². The zero-order valence-corrected chi connectivity index (χ0v) is 14.5. The van der Waals surface area contributed by atoms with Gasteiger partial charge in [-0.25, -0.2) is 9.59 Å². The third-order valence-corrected chi connectivity index (χ3v) is 3.58. The van der Waals surface area contributed by atoms with Gasteiger partial charge in [0.25, 0.3) is 0 Å². The molecule has 5 nitrogen and oxygen atoms in total.